The number of aromatic amines is 1. The van der Waals surface area contributed by atoms with Gasteiger partial charge in [-0.3, -0.25) is 0 Å². The second-order valence-corrected chi connectivity index (χ2v) is 7.16. The van der Waals surface area contributed by atoms with E-state index in [4.69, 9.17) is 0 Å². The van der Waals surface area contributed by atoms with Crippen LogP contribution >= 0.6 is 11.3 Å². The first kappa shape index (κ1) is 21.5. The first-order valence-corrected chi connectivity index (χ1v) is 9.44. The van der Waals surface area contributed by atoms with Gasteiger partial charge in [0.15, 0.2) is 0 Å². The maximum Gasteiger partial charge on any atom is 0.416 e. The third-order valence-corrected chi connectivity index (χ3v) is 5.28. The number of aromatic nitrogens is 3. The van der Waals surface area contributed by atoms with Crippen LogP contribution in [0.4, 0.5) is 13.2 Å². The molecule has 10 heteroatoms. The molecule has 4 rings (SSSR count). The summed E-state index contributed by atoms with van der Waals surface area (Å²) in [4.78, 5) is 14.9. The van der Waals surface area contributed by atoms with Crippen molar-refractivity contribution in [3.63, 3.8) is 0 Å². The Labute approximate surface area is 172 Å². The number of aliphatic hydroxyl groups is 1. The molecule has 0 saturated carbocycles. The van der Waals surface area contributed by atoms with Crippen molar-refractivity contribution in [3.8, 4) is 10.6 Å². The Bertz CT molecular complexity index is 1120. The van der Waals surface area contributed by atoms with Gasteiger partial charge in [0.2, 0.25) is 0 Å². The molecule has 0 amide bonds. The predicted molar refractivity (Wildman–Crippen MR) is 105 cm³/mol. The molecule has 6 nitrogen and oxygen atoms in total. The number of H-pyrrole nitrogens is 1. The van der Waals surface area contributed by atoms with Gasteiger partial charge < -0.3 is 9.63 Å². The van der Waals surface area contributed by atoms with Gasteiger partial charge in [0.1, 0.15) is 17.3 Å². The van der Waals surface area contributed by atoms with Gasteiger partial charge in [-0.1, -0.05) is 42.5 Å². The van der Waals surface area contributed by atoms with E-state index >= 15 is 0 Å². The molecular formula is C20H16F3N3O3S. The van der Waals surface area contributed by atoms with Gasteiger partial charge in [0.05, 0.1) is 16.1 Å². The maximum absolute atomic E-state index is 12.6. The Morgan fingerprint density at radius 3 is 2.27 bits per heavy atom. The molecule has 1 atom stereocenters. The first-order valence-electron chi connectivity index (χ1n) is 8.62. The summed E-state index contributed by atoms with van der Waals surface area (Å²) in [6, 6.07) is 14.1. The second kappa shape index (κ2) is 9.06. The number of nitrogens with one attached hydrogen (secondary N) is 1. The highest BCUT2D eigenvalue weighted by Crippen LogP contribution is 2.36. The molecule has 0 spiro atoms. The minimum absolute atomic E-state index is 0.449. The van der Waals surface area contributed by atoms with Crippen LogP contribution in [0.15, 0.2) is 70.1 Å². The number of thiazole rings is 1. The van der Waals surface area contributed by atoms with Crippen molar-refractivity contribution in [1.82, 2.24) is 15.4 Å². The molecule has 30 heavy (non-hydrogen) atoms. The number of nitrogens with zero attached hydrogens (tertiary/aromatic N) is 2. The molecule has 2 aromatic carbocycles. The van der Waals surface area contributed by atoms with Crippen LogP contribution in [0.5, 0.6) is 0 Å². The molecule has 0 bridgehead atoms. The van der Waals surface area contributed by atoms with Crippen molar-refractivity contribution >= 4 is 11.3 Å². The van der Waals surface area contributed by atoms with Crippen LogP contribution in [0.2, 0.25) is 0 Å². The average molecular weight is 435 g/mol. The van der Waals surface area contributed by atoms with Crippen molar-refractivity contribution < 1.29 is 22.8 Å². The monoisotopic (exact) mass is 435 g/mol. The Morgan fingerprint density at radius 2 is 1.77 bits per heavy atom. The van der Waals surface area contributed by atoms with Crippen molar-refractivity contribution in [1.29, 1.82) is 0 Å². The number of aliphatic hydroxyl groups excluding tert-OH is 1. The summed E-state index contributed by atoms with van der Waals surface area (Å²) in [6.45, 7) is 1.78. The van der Waals surface area contributed by atoms with E-state index in [-0.39, 0.29) is 0 Å². The summed E-state index contributed by atoms with van der Waals surface area (Å²) in [5, 5.41) is 16.3. The maximum atomic E-state index is 12.6. The number of aryl methyl sites for hydroxylation is 1. The number of hydrogen-bond acceptors (Lipinski definition) is 6. The highest BCUT2D eigenvalue weighted by atomic mass is 32.1. The zero-order valence-corrected chi connectivity index (χ0v) is 16.4. The number of halogens is 3. The van der Waals surface area contributed by atoms with Crippen LogP contribution in [0.1, 0.15) is 27.8 Å². The molecule has 2 N–H and O–H groups in total. The Hall–Kier alpha value is -3.24. The summed E-state index contributed by atoms with van der Waals surface area (Å²) in [6.07, 6.45) is -4.10. The number of benzene rings is 2. The van der Waals surface area contributed by atoms with E-state index in [2.05, 4.69) is 14.6 Å². The predicted octanol–water partition coefficient (Wildman–Crippen LogP) is 4.58. The van der Waals surface area contributed by atoms with Crippen molar-refractivity contribution in [2.24, 2.45) is 0 Å². The molecule has 156 valence electrons. The lowest BCUT2D eigenvalue weighted by Crippen LogP contribution is -2.03. The fraction of sp³-hybridized carbons (Fsp3) is 0.150. The van der Waals surface area contributed by atoms with E-state index in [1.54, 1.807) is 6.92 Å². The quantitative estimate of drug-likeness (QED) is 0.491. The molecule has 0 radical (unpaired) electrons. The van der Waals surface area contributed by atoms with E-state index in [1.807, 2.05) is 35.6 Å². The molecule has 0 aliphatic carbocycles. The van der Waals surface area contributed by atoms with Gasteiger partial charge in [-0.25, -0.2) is 9.78 Å². The molecule has 0 aliphatic heterocycles. The zero-order valence-electron chi connectivity index (χ0n) is 15.6. The number of rotatable bonds is 3. The zero-order chi connectivity index (χ0) is 21.7. The molecule has 0 aliphatic rings. The third-order valence-electron chi connectivity index (χ3n) is 4.02. The summed E-state index contributed by atoms with van der Waals surface area (Å²) in [7, 11) is 0. The summed E-state index contributed by atoms with van der Waals surface area (Å²) in [5.41, 5.74) is 0.885. The lowest BCUT2D eigenvalue weighted by molar-refractivity contribution is -0.137. The summed E-state index contributed by atoms with van der Waals surface area (Å²) >= 11 is 1.29. The molecule has 0 saturated heterocycles. The van der Waals surface area contributed by atoms with Crippen LogP contribution in [0.25, 0.3) is 10.6 Å². The van der Waals surface area contributed by atoms with Gasteiger partial charge in [-0.2, -0.15) is 13.2 Å². The lowest BCUT2D eigenvalue weighted by atomic mass is 10.1. The summed E-state index contributed by atoms with van der Waals surface area (Å²) in [5.74, 6) is 0. The topological polar surface area (TPSA) is 92.0 Å². The van der Waals surface area contributed by atoms with Crippen LogP contribution in [-0.4, -0.2) is 20.5 Å². The molecule has 2 aromatic heterocycles. The van der Waals surface area contributed by atoms with Gasteiger partial charge >= 0.3 is 11.8 Å². The van der Waals surface area contributed by atoms with E-state index in [1.165, 1.54) is 23.5 Å². The fourth-order valence-corrected chi connectivity index (χ4v) is 3.64. The van der Waals surface area contributed by atoms with Crippen LogP contribution in [0, 0.1) is 6.92 Å². The number of hydrogen-bond donors (Lipinski definition) is 2. The fourth-order valence-electron chi connectivity index (χ4n) is 2.55. The SMILES string of the molecule is Cc1nc(-c2ccc(C(F)(F)F)cc2)sc1C(O)c1ccccc1.O=c1cn[nH]o1. The van der Waals surface area contributed by atoms with E-state index in [9.17, 15) is 23.1 Å². The Kier molecular flexibility index (Phi) is 6.48. The van der Waals surface area contributed by atoms with E-state index in [0.717, 1.165) is 23.9 Å². The van der Waals surface area contributed by atoms with Crippen molar-refractivity contribution in [2.75, 3.05) is 0 Å². The van der Waals surface area contributed by atoms with Gasteiger partial charge in [-0.05, 0) is 24.6 Å². The molecule has 4 aromatic rings. The van der Waals surface area contributed by atoms with Gasteiger partial charge in [0.25, 0.3) is 0 Å². The normalized spacial score (nSPS) is 12.2. The van der Waals surface area contributed by atoms with Crippen molar-refractivity contribution in [2.45, 2.75) is 19.2 Å². The smallest absolute Gasteiger partial charge is 0.383 e. The molecular weight excluding hydrogens is 419 g/mol. The molecule has 2 heterocycles. The van der Waals surface area contributed by atoms with E-state index in [0.29, 0.717) is 21.1 Å². The largest absolute Gasteiger partial charge is 0.416 e. The summed E-state index contributed by atoms with van der Waals surface area (Å²) < 4.78 is 42.0. The van der Waals surface area contributed by atoms with Gasteiger partial charge in [0, 0.05) is 5.56 Å². The third kappa shape index (κ3) is 5.22. The number of alkyl halides is 3. The van der Waals surface area contributed by atoms with Crippen LogP contribution in [0.3, 0.4) is 0 Å². The van der Waals surface area contributed by atoms with Gasteiger partial charge in [-0.15, -0.1) is 21.7 Å². The standard InChI is InChI=1S/C18H14F3NOS.C2H2N2O2/c1-11-16(15(23)12-5-3-2-4-6-12)24-17(22-11)13-7-9-14(10-8-13)18(19,20)21;5-2-1-3-4-6-2/h2-10,15,23H,1H3;1,4H. The minimum Gasteiger partial charge on any atom is -0.383 e. The highest BCUT2D eigenvalue weighted by molar-refractivity contribution is 7.15. The lowest BCUT2D eigenvalue weighted by Gasteiger charge is -2.09. The van der Waals surface area contributed by atoms with Crippen molar-refractivity contribution in [3.05, 3.63) is 92.9 Å². The highest BCUT2D eigenvalue weighted by Gasteiger charge is 2.30. The molecule has 0 fully saturated rings. The minimum atomic E-state index is -4.36. The second-order valence-electron chi connectivity index (χ2n) is 6.13. The Morgan fingerprint density at radius 1 is 1.10 bits per heavy atom. The Balaban J connectivity index is 0.000000367. The van der Waals surface area contributed by atoms with E-state index < -0.39 is 23.5 Å². The first-order chi connectivity index (χ1) is 14.3. The average Bonchev–Trinajstić information content (AvgIpc) is 3.37. The molecule has 1 unspecified atom stereocenters. The van der Waals surface area contributed by atoms with Crippen LogP contribution < -0.4 is 5.63 Å². The van der Waals surface area contributed by atoms with Crippen LogP contribution in [-0.2, 0) is 6.18 Å².